The Bertz CT molecular complexity index is 882. The second-order valence-corrected chi connectivity index (χ2v) is 7.65. The average molecular weight is 378 g/mol. The van der Waals surface area contributed by atoms with Gasteiger partial charge in [-0.15, -0.1) is 0 Å². The zero-order valence-corrected chi connectivity index (χ0v) is 16.3. The Morgan fingerprint density at radius 3 is 1.43 bits per heavy atom. The number of para-hydroxylation sites is 2. The molecule has 2 aliphatic rings. The van der Waals surface area contributed by atoms with Gasteiger partial charge in [0.15, 0.2) is 0 Å². The Balaban J connectivity index is 2.12. The molecule has 2 amide bonds. The molecule has 0 saturated carbocycles. The first-order valence-corrected chi connectivity index (χ1v) is 9.63. The van der Waals surface area contributed by atoms with Crippen LogP contribution in [-0.4, -0.2) is 39.0 Å². The van der Waals surface area contributed by atoms with E-state index in [1.807, 2.05) is 48.5 Å². The van der Waals surface area contributed by atoms with Crippen LogP contribution in [0.4, 0.5) is 11.4 Å². The van der Waals surface area contributed by atoms with Gasteiger partial charge in [-0.3, -0.25) is 9.59 Å². The van der Waals surface area contributed by atoms with E-state index in [2.05, 4.69) is 0 Å². The highest BCUT2D eigenvalue weighted by Crippen LogP contribution is 2.60. The summed E-state index contributed by atoms with van der Waals surface area (Å²) in [5, 5.41) is 0. The molecule has 2 heterocycles. The van der Waals surface area contributed by atoms with Gasteiger partial charge in [0, 0.05) is 25.5 Å². The fourth-order valence-electron chi connectivity index (χ4n) is 5.44. The Morgan fingerprint density at radius 2 is 1.07 bits per heavy atom. The molecule has 146 valence electrons. The van der Waals surface area contributed by atoms with Gasteiger partial charge in [0.05, 0.1) is 10.8 Å². The normalized spacial score (nSPS) is 26.0. The molecule has 0 aromatic heterocycles. The number of rotatable bonds is 5. The van der Waals surface area contributed by atoms with E-state index < -0.39 is 10.8 Å². The highest BCUT2D eigenvalue weighted by Gasteiger charge is 2.68. The molecule has 0 fully saturated rings. The van der Waals surface area contributed by atoms with E-state index in [9.17, 15) is 9.59 Å². The highest BCUT2D eigenvalue weighted by molar-refractivity contribution is 6.18. The van der Waals surface area contributed by atoms with Gasteiger partial charge in [-0.25, -0.2) is 0 Å². The summed E-state index contributed by atoms with van der Waals surface area (Å²) in [7, 11) is 3.54. The third kappa shape index (κ3) is 1.99. The Morgan fingerprint density at radius 1 is 0.714 bits per heavy atom. The number of anilines is 2. The number of nitrogens with two attached hydrogens (primary N) is 2. The predicted molar refractivity (Wildman–Crippen MR) is 110 cm³/mol. The lowest BCUT2D eigenvalue weighted by atomic mass is 9.54. The highest BCUT2D eigenvalue weighted by atomic mass is 16.2. The molecular formula is C22H26N4O2. The maximum atomic E-state index is 13.9. The number of nitrogens with zero attached hydrogens (tertiary/aromatic N) is 2. The summed E-state index contributed by atoms with van der Waals surface area (Å²) in [6.45, 7) is 0.582. The number of hydrogen-bond donors (Lipinski definition) is 2. The first kappa shape index (κ1) is 18.7. The Hall–Kier alpha value is -2.70. The lowest BCUT2D eigenvalue weighted by molar-refractivity contribution is -0.135. The van der Waals surface area contributed by atoms with Crippen molar-refractivity contribution in [1.82, 2.24) is 0 Å². The van der Waals surface area contributed by atoms with E-state index in [1.54, 1.807) is 23.9 Å². The summed E-state index contributed by atoms with van der Waals surface area (Å²) >= 11 is 0. The molecule has 28 heavy (non-hydrogen) atoms. The number of benzene rings is 2. The van der Waals surface area contributed by atoms with E-state index >= 15 is 0 Å². The molecule has 6 heteroatoms. The number of hydrogen-bond acceptors (Lipinski definition) is 4. The van der Waals surface area contributed by atoms with Crippen LogP contribution in [0.5, 0.6) is 0 Å². The van der Waals surface area contributed by atoms with Crippen LogP contribution in [0.3, 0.4) is 0 Å². The summed E-state index contributed by atoms with van der Waals surface area (Å²) in [5.41, 5.74) is 13.3. The van der Waals surface area contributed by atoms with Crippen molar-refractivity contribution in [2.24, 2.45) is 11.5 Å². The molecule has 0 spiro atoms. The molecule has 6 nitrogen and oxygen atoms in total. The molecular weight excluding hydrogens is 352 g/mol. The number of carbonyl (C=O) groups is 2. The van der Waals surface area contributed by atoms with Crippen LogP contribution < -0.4 is 21.3 Å². The third-order valence-corrected chi connectivity index (χ3v) is 6.56. The molecule has 0 saturated heterocycles. The molecule has 2 aromatic rings. The van der Waals surface area contributed by atoms with Crippen molar-refractivity contribution in [3.63, 3.8) is 0 Å². The van der Waals surface area contributed by atoms with E-state index in [0.29, 0.717) is 25.9 Å². The molecule has 0 radical (unpaired) electrons. The summed E-state index contributed by atoms with van der Waals surface area (Å²) < 4.78 is 0. The van der Waals surface area contributed by atoms with Gasteiger partial charge in [-0.2, -0.15) is 0 Å². The van der Waals surface area contributed by atoms with Gasteiger partial charge >= 0.3 is 0 Å². The van der Waals surface area contributed by atoms with Crippen LogP contribution in [-0.2, 0) is 20.4 Å². The number of carbonyl (C=O) groups excluding carboxylic acids is 2. The van der Waals surface area contributed by atoms with Gasteiger partial charge in [0.2, 0.25) is 11.8 Å². The summed E-state index contributed by atoms with van der Waals surface area (Å²) in [6, 6.07) is 15.4. The topological polar surface area (TPSA) is 92.7 Å². The van der Waals surface area contributed by atoms with Gasteiger partial charge in [-0.05, 0) is 49.2 Å². The van der Waals surface area contributed by atoms with Crippen molar-refractivity contribution < 1.29 is 9.59 Å². The maximum absolute atomic E-state index is 13.9. The quantitative estimate of drug-likeness (QED) is 0.825. The van der Waals surface area contributed by atoms with Crippen molar-refractivity contribution >= 4 is 23.2 Å². The predicted octanol–water partition coefficient (Wildman–Crippen LogP) is 1.51. The van der Waals surface area contributed by atoms with Crippen LogP contribution in [0.25, 0.3) is 0 Å². The van der Waals surface area contributed by atoms with Crippen molar-refractivity contribution in [3.05, 3.63) is 59.7 Å². The van der Waals surface area contributed by atoms with Gasteiger partial charge in [0.25, 0.3) is 0 Å². The van der Waals surface area contributed by atoms with Crippen molar-refractivity contribution in [2.75, 3.05) is 37.0 Å². The molecule has 0 aliphatic carbocycles. The van der Waals surface area contributed by atoms with Gasteiger partial charge < -0.3 is 21.3 Å². The second kappa shape index (κ2) is 6.43. The smallest absolute Gasteiger partial charge is 0.238 e. The third-order valence-electron chi connectivity index (χ3n) is 6.56. The first-order chi connectivity index (χ1) is 13.5. The molecule has 0 bridgehead atoms. The number of fused-ring (bicyclic) bond motifs is 2. The van der Waals surface area contributed by atoms with Crippen LogP contribution >= 0.6 is 0 Å². The molecule has 2 aromatic carbocycles. The van der Waals surface area contributed by atoms with E-state index in [4.69, 9.17) is 11.5 Å². The monoisotopic (exact) mass is 378 g/mol. The SMILES string of the molecule is CN1C(=O)C(CCN)(C2(CCN)C(=O)N(C)c3ccccc32)c2ccccc21. The summed E-state index contributed by atoms with van der Waals surface area (Å²) in [6.07, 6.45) is 0.752. The van der Waals surface area contributed by atoms with E-state index in [-0.39, 0.29) is 11.8 Å². The molecule has 4 N–H and O–H groups in total. The number of amides is 2. The average Bonchev–Trinajstić information content (AvgIpc) is 3.07. The summed E-state index contributed by atoms with van der Waals surface area (Å²) in [4.78, 5) is 31.1. The second-order valence-electron chi connectivity index (χ2n) is 7.65. The van der Waals surface area contributed by atoms with Crippen molar-refractivity contribution in [3.8, 4) is 0 Å². The molecule has 2 atom stereocenters. The first-order valence-electron chi connectivity index (χ1n) is 9.63. The Labute approximate surface area is 165 Å². The van der Waals surface area contributed by atoms with Crippen molar-refractivity contribution in [2.45, 2.75) is 23.7 Å². The molecule has 4 rings (SSSR count). The minimum absolute atomic E-state index is 0.0916. The zero-order valence-electron chi connectivity index (χ0n) is 16.3. The maximum Gasteiger partial charge on any atom is 0.238 e. The minimum Gasteiger partial charge on any atom is -0.330 e. The minimum atomic E-state index is -1.08. The van der Waals surface area contributed by atoms with Gasteiger partial charge in [0.1, 0.15) is 0 Å². The van der Waals surface area contributed by atoms with E-state index in [0.717, 1.165) is 22.5 Å². The van der Waals surface area contributed by atoms with Crippen LogP contribution in [0.15, 0.2) is 48.5 Å². The fraction of sp³-hybridized carbons (Fsp3) is 0.364. The van der Waals surface area contributed by atoms with Gasteiger partial charge in [-0.1, -0.05) is 36.4 Å². The Kier molecular flexibility index (Phi) is 4.28. The fourth-order valence-corrected chi connectivity index (χ4v) is 5.44. The van der Waals surface area contributed by atoms with Crippen LogP contribution in [0, 0.1) is 0 Å². The lowest BCUT2D eigenvalue weighted by Crippen LogP contribution is -2.60. The standard InChI is InChI=1S/C22H26N4O2/c1-25-17-9-5-3-7-15(17)21(11-13-23,19(25)27)22(12-14-24)16-8-4-6-10-18(16)26(2)20(22)28/h3-10H,11-14,23-24H2,1-2H3. The molecule has 2 unspecified atom stereocenters. The van der Waals surface area contributed by atoms with Crippen LogP contribution in [0.2, 0.25) is 0 Å². The summed E-state index contributed by atoms with van der Waals surface area (Å²) in [5.74, 6) is -0.183. The largest absolute Gasteiger partial charge is 0.330 e. The zero-order chi connectivity index (χ0) is 20.1. The van der Waals surface area contributed by atoms with E-state index in [1.165, 1.54) is 0 Å². The molecule has 2 aliphatic heterocycles. The lowest BCUT2D eigenvalue weighted by Gasteiger charge is -2.44. The number of likely N-dealkylation sites (N-methyl/N-ethyl adjacent to an activating group) is 2. The van der Waals surface area contributed by atoms with Crippen LogP contribution in [0.1, 0.15) is 24.0 Å². The van der Waals surface area contributed by atoms with Crippen molar-refractivity contribution in [1.29, 1.82) is 0 Å².